The molecule has 0 bridgehead atoms. The van der Waals surface area contributed by atoms with Gasteiger partial charge in [-0.15, -0.1) is 0 Å². The highest BCUT2D eigenvalue weighted by atomic mass is 16.5. The van der Waals surface area contributed by atoms with Gasteiger partial charge in [0.1, 0.15) is 11.2 Å². The van der Waals surface area contributed by atoms with Gasteiger partial charge in [-0.05, 0) is 69.2 Å². The van der Waals surface area contributed by atoms with E-state index >= 15 is 0 Å². The van der Waals surface area contributed by atoms with Gasteiger partial charge in [-0.25, -0.2) is 0 Å². The van der Waals surface area contributed by atoms with Crippen molar-refractivity contribution >= 4 is 23.5 Å². The molecule has 9 heteroatoms. The number of carboxylic acids is 2. The van der Waals surface area contributed by atoms with Crippen LogP contribution in [-0.4, -0.2) is 68.3 Å². The number of aliphatic carboxylic acids is 2. The lowest BCUT2D eigenvalue weighted by Gasteiger charge is -2.40. The molecule has 0 aliphatic heterocycles. The van der Waals surface area contributed by atoms with Gasteiger partial charge in [0.05, 0.1) is 36.3 Å². The first-order valence-electron chi connectivity index (χ1n) is 12.1. The number of Topliss-reactive ketones (excluding diaryl/α,β-unsaturated/α-hetero) is 2. The van der Waals surface area contributed by atoms with Crippen LogP contribution in [-0.2, 0) is 33.4 Å². The standard InChI is InChI=1S/C26H46O9/c1-17(33-25(7,8)19(27)11-13-21(29)30)15-23(3,4)35-24(5,6)16-18(2)34-26(9,10)20(28)12-14-22(31)32/h17-18H,11-16H2,1-10H3,(H,29,30)(H,31,32). The van der Waals surface area contributed by atoms with Crippen molar-refractivity contribution in [1.82, 2.24) is 0 Å². The predicted octanol–water partition coefficient (Wildman–Crippen LogP) is 4.58. The zero-order valence-corrected chi connectivity index (χ0v) is 23.1. The fourth-order valence-electron chi connectivity index (χ4n) is 4.48. The van der Waals surface area contributed by atoms with E-state index in [1.165, 1.54) is 0 Å². The lowest BCUT2D eigenvalue weighted by molar-refractivity contribution is -0.179. The van der Waals surface area contributed by atoms with E-state index in [-0.39, 0.29) is 49.5 Å². The van der Waals surface area contributed by atoms with E-state index in [9.17, 15) is 19.2 Å². The second kappa shape index (κ2) is 12.9. The molecule has 0 saturated heterocycles. The Balaban J connectivity index is 4.95. The molecule has 0 saturated carbocycles. The Morgan fingerprint density at radius 1 is 0.600 bits per heavy atom. The van der Waals surface area contributed by atoms with Crippen LogP contribution >= 0.6 is 0 Å². The van der Waals surface area contributed by atoms with E-state index in [1.807, 2.05) is 41.5 Å². The van der Waals surface area contributed by atoms with Crippen LogP contribution < -0.4 is 0 Å². The minimum absolute atomic E-state index is 0.0883. The quantitative estimate of drug-likeness (QED) is 0.276. The number of carboxylic acid groups (broad SMARTS) is 2. The molecule has 0 amide bonds. The number of hydrogen-bond acceptors (Lipinski definition) is 7. The molecular weight excluding hydrogens is 456 g/mol. The molecular formula is C26H46O9. The van der Waals surface area contributed by atoms with Gasteiger partial charge >= 0.3 is 11.9 Å². The van der Waals surface area contributed by atoms with Crippen LogP contribution in [0.3, 0.4) is 0 Å². The highest BCUT2D eigenvalue weighted by molar-refractivity contribution is 5.89. The lowest BCUT2D eigenvalue weighted by atomic mass is 9.94. The monoisotopic (exact) mass is 502 g/mol. The number of carbonyl (C=O) groups is 4. The van der Waals surface area contributed by atoms with E-state index in [0.29, 0.717) is 12.8 Å². The van der Waals surface area contributed by atoms with Crippen molar-refractivity contribution < 1.29 is 43.6 Å². The van der Waals surface area contributed by atoms with Gasteiger partial charge < -0.3 is 24.4 Å². The molecule has 0 heterocycles. The Labute approximate surface area is 209 Å². The average molecular weight is 503 g/mol. The van der Waals surface area contributed by atoms with Gasteiger partial charge in [0, 0.05) is 25.7 Å². The summed E-state index contributed by atoms with van der Waals surface area (Å²) in [4.78, 5) is 46.3. The van der Waals surface area contributed by atoms with Gasteiger partial charge in [0.2, 0.25) is 0 Å². The fourth-order valence-corrected chi connectivity index (χ4v) is 4.48. The molecule has 0 rings (SSSR count). The fraction of sp³-hybridized carbons (Fsp3) is 0.846. The molecule has 2 unspecified atom stereocenters. The number of rotatable bonds is 18. The number of ether oxygens (including phenoxy) is 3. The number of ketones is 2. The maximum absolute atomic E-state index is 12.4. The first kappa shape index (κ1) is 33.2. The first-order chi connectivity index (χ1) is 15.6. The van der Waals surface area contributed by atoms with Gasteiger partial charge in [0.25, 0.3) is 0 Å². The van der Waals surface area contributed by atoms with E-state index in [0.717, 1.165) is 0 Å². The molecule has 35 heavy (non-hydrogen) atoms. The average Bonchev–Trinajstić information content (AvgIpc) is 2.60. The third-order valence-electron chi connectivity index (χ3n) is 5.58. The molecule has 0 aliphatic rings. The second-order valence-corrected chi connectivity index (χ2v) is 11.5. The van der Waals surface area contributed by atoms with Crippen LogP contribution in [0.5, 0.6) is 0 Å². The van der Waals surface area contributed by atoms with Crippen molar-refractivity contribution in [3.63, 3.8) is 0 Å². The van der Waals surface area contributed by atoms with Crippen LogP contribution in [0, 0.1) is 0 Å². The summed E-state index contributed by atoms with van der Waals surface area (Å²) in [6.45, 7) is 18.0. The molecule has 2 atom stereocenters. The number of carbonyl (C=O) groups excluding carboxylic acids is 2. The molecule has 0 aromatic heterocycles. The van der Waals surface area contributed by atoms with Crippen LogP contribution in [0.1, 0.15) is 108 Å². The van der Waals surface area contributed by atoms with Crippen molar-refractivity contribution in [2.75, 3.05) is 0 Å². The molecule has 2 N–H and O–H groups in total. The molecule has 0 spiro atoms. The van der Waals surface area contributed by atoms with Gasteiger partial charge in [-0.1, -0.05) is 0 Å². The number of hydrogen-bond donors (Lipinski definition) is 2. The third-order valence-corrected chi connectivity index (χ3v) is 5.58. The van der Waals surface area contributed by atoms with Crippen molar-refractivity contribution in [3.05, 3.63) is 0 Å². The lowest BCUT2D eigenvalue weighted by Crippen LogP contribution is -2.45. The first-order valence-corrected chi connectivity index (χ1v) is 12.1. The SMILES string of the molecule is CC(CC(C)(C)OC(C)(C)CC(C)OC(C)(C)C(=O)CCC(=O)O)OC(C)(C)C(=O)CCC(=O)O. The van der Waals surface area contributed by atoms with Gasteiger partial charge in [-0.3, -0.25) is 19.2 Å². The van der Waals surface area contributed by atoms with E-state index in [1.54, 1.807) is 27.7 Å². The molecule has 204 valence electrons. The minimum atomic E-state index is -1.11. The summed E-state index contributed by atoms with van der Waals surface area (Å²) in [6, 6.07) is 0. The Bertz CT molecular complexity index is 688. The zero-order valence-electron chi connectivity index (χ0n) is 23.1. The van der Waals surface area contributed by atoms with Crippen molar-refractivity contribution in [2.45, 2.75) is 142 Å². The Hall–Kier alpha value is -1.84. The van der Waals surface area contributed by atoms with Crippen molar-refractivity contribution in [1.29, 1.82) is 0 Å². The van der Waals surface area contributed by atoms with Gasteiger partial charge in [0.15, 0.2) is 11.6 Å². The summed E-state index contributed by atoms with van der Waals surface area (Å²) >= 11 is 0. The molecule has 0 aliphatic carbocycles. The summed E-state index contributed by atoms with van der Waals surface area (Å²) in [5.74, 6) is -2.58. The maximum atomic E-state index is 12.4. The van der Waals surface area contributed by atoms with E-state index < -0.39 is 34.3 Å². The van der Waals surface area contributed by atoms with Crippen LogP contribution in [0.2, 0.25) is 0 Å². The molecule has 0 aromatic carbocycles. The van der Waals surface area contributed by atoms with Crippen molar-refractivity contribution in [2.24, 2.45) is 0 Å². The van der Waals surface area contributed by atoms with Crippen molar-refractivity contribution in [3.8, 4) is 0 Å². The smallest absolute Gasteiger partial charge is 0.303 e. The topological polar surface area (TPSA) is 136 Å². The molecule has 0 radical (unpaired) electrons. The Kier molecular flexibility index (Phi) is 12.2. The molecule has 0 fully saturated rings. The third kappa shape index (κ3) is 13.7. The van der Waals surface area contributed by atoms with Crippen LogP contribution in [0.4, 0.5) is 0 Å². The normalized spacial score (nSPS) is 14.9. The summed E-state index contributed by atoms with van der Waals surface area (Å²) in [7, 11) is 0. The summed E-state index contributed by atoms with van der Waals surface area (Å²) in [5, 5.41) is 17.6. The maximum Gasteiger partial charge on any atom is 0.303 e. The molecule has 9 nitrogen and oxygen atoms in total. The predicted molar refractivity (Wildman–Crippen MR) is 131 cm³/mol. The zero-order chi connectivity index (χ0) is 27.8. The highest BCUT2D eigenvalue weighted by Gasteiger charge is 2.37. The second-order valence-electron chi connectivity index (χ2n) is 11.5. The largest absolute Gasteiger partial charge is 0.481 e. The summed E-state index contributed by atoms with van der Waals surface area (Å²) < 4.78 is 18.3. The Morgan fingerprint density at radius 3 is 1.14 bits per heavy atom. The summed E-state index contributed by atoms with van der Waals surface area (Å²) in [6.07, 6.45) is -0.325. The Morgan fingerprint density at radius 2 is 0.886 bits per heavy atom. The van der Waals surface area contributed by atoms with Crippen LogP contribution in [0.15, 0.2) is 0 Å². The van der Waals surface area contributed by atoms with Gasteiger partial charge in [-0.2, -0.15) is 0 Å². The van der Waals surface area contributed by atoms with E-state index in [2.05, 4.69) is 0 Å². The van der Waals surface area contributed by atoms with E-state index in [4.69, 9.17) is 24.4 Å². The molecule has 0 aromatic rings. The minimum Gasteiger partial charge on any atom is -0.481 e. The highest BCUT2D eigenvalue weighted by Crippen LogP contribution is 2.31. The van der Waals surface area contributed by atoms with Crippen LogP contribution in [0.25, 0.3) is 0 Å². The summed E-state index contributed by atoms with van der Waals surface area (Å²) in [5.41, 5.74) is -3.45.